The maximum absolute atomic E-state index is 6.85. The second-order valence-electron chi connectivity index (χ2n) is 22.7. The standard InChI is InChI=1S/C49H37N2O2.C31H24N2.Ir/c1-29(2)42-26-35(33-18-21-38-37-13-8-9-16-44(37)52-45(38)28-33)27-43(30(3)4)46(42)51-24-23-50-49(51)41-15-10-14-39-40-22-19-34-25-32(31-11-6-5-7-12-31)17-20-36(34)47(40)53-48(39)41;1-2-11-26(12-3-1)30-20-18-24(23-33-30)17-19-25-10-4-5-13-27(25)22-28-14-6-7-15-29(28)31-16-8-9-21-32-31;/h5-14,16-30H,1-4H3;1-11,13-14,16,18,20-21,23H,17,19,22H2;/q-1;-2;+3. The van der Waals surface area contributed by atoms with Crippen molar-refractivity contribution in [1.82, 2.24) is 19.5 Å². The average molecular weight is 1300 g/mol. The topological polar surface area (TPSA) is 69.9 Å². The van der Waals surface area contributed by atoms with Crippen LogP contribution in [-0.4, -0.2) is 19.5 Å². The zero-order valence-electron chi connectivity index (χ0n) is 48.9. The fourth-order valence-corrected chi connectivity index (χ4v) is 12.2. The summed E-state index contributed by atoms with van der Waals surface area (Å²) >= 11 is 0. The van der Waals surface area contributed by atoms with Gasteiger partial charge in [0.2, 0.25) is 0 Å². The first-order valence-electron chi connectivity index (χ1n) is 29.7. The van der Waals surface area contributed by atoms with Crippen molar-refractivity contribution in [2.45, 2.75) is 58.8 Å². The van der Waals surface area contributed by atoms with Crippen LogP contribution in [0.1, 0.15) is 72.9 Å². The van der Waals surface area contributed by atoms with Crippen molar-refractivity contribution in [3.63, 3.8) is 0 Å². The van der Waals surface area contributed by atoms with E-state index in [0.29, 0.717) is 0 Å². The van der Waals surface area contributed by atoms with Gasteiger partial charge in [-0.15, -0.1) is 89.5 Å². The largest absolute Gasteiger partial charge is 3.00 e. The predicted octanol–water partition coefficient (Wildman–Crippen LogP) is 20.7. The van der Waals surface area contributed by atoms with Gasteiger partial charge < -0.3 is 23.4 Å². The number of hydrogen-bond donors (Lipinski definition) is 0. The normalized spacial score (nSPS) is 11.5. The van der Waals surface area contributed by atoms with Crippen LogP contribution in [-0.2, 0) is 39.4 Å². The molecular weight excluding hydrogens is 1240 g/mol. The van der Waals surface area contributed by atoms with Gasteiger partial charge in [-0.2, -0.15) is 0 Å². The summed E-state index contributed by atoms with van der Waals surface area (Å²) in [6, 6.07) is 88.5. The third-order valence-electron chi connectivity index (χ3n) is 16.6. The number of rotatable bonds is 13. The fraction of sp³-hybridized carbons (Fsp3) is 0.113. The van der Waals surface area contributed by atoms with E-state index in [1.165, 1.54) is 50.1 Å². The molecule has 0 N–H and O–H groups in total. The SMILES string of the molecule is CC(C)c1cc(-c2ccc3c(c2)oc2ccccc23)cc(C(C)C)c1-n1ccnc1-c1[c-]ccc2c1oc1c3ccc(-c4ccccc4)cc3ccc21.[Ir+3].[c-]1ccccc1-c1ccc(CCc2ccccc2Cc2ccc[c-]c2-c2ccccn2)cn1. The summed E-state index contributed by atoms with van der Waals surface area (Å²) in [7, 11) is 0. The molecule has 87 heavy (non-hydrogen) atoms. The summed E-state index contributed by atoms with van der Waals surface area (Å²) < 4.78 is 15.4. The number of aryl methyl sites for hydroxylation is 2. The fourth-order valence-electron chi connectivity index (χ4n) is 12.2. The Kier molecular flexibility index (Phi) is 16.0. The summed E-state index contributed by atoms with van der Waals surface area (Å²) in [6.45, 7) is 9.08. The molecule has 0 aliphatic rings. The Morgan fingerprint density at radius 1 is 0.437 bits per heavy atom. The third-order valence-corrected chi connectivity index (χ3v) is 16.6. The van der Waals surface area contributed by atoms with E-state index >= 15 is 0 Å². The second-order valence-corrected chi connectivity index (χ2v) is 22.7. The van der Waals surface area contributed by atoms with Crippen molar-refractivity contribution in [2.75, 3.05) is 0 Å². The van der Waals surface area contributed by atoms with Gasteiger partial charge in [0.25, 0.3) is 0 Å². The molecule has 422 valence electrons. The van der Waals surface area contributed by atoms with Crippen LogP contribution >= 0.6 is 0 Å². The molecule has 0 saturated carbocycles. The minimum absolute atomic E-state index is 0. The van der Waals surface area contributed by atoms with Gasteiger partial charge in [0.15, 0.2) is 0 Å². The molecule has 6 nitrogen and oxygen atoms in total. The summed E-state index contributed by atoms with van der Waals surface area (Å²) in [6.07, 6.45) is 10.6. The van der Waals surface area contributed by atoms with E-state index in [-0.39, 0.29) is 31.9 Å². The Hall–Kier alpha value is -9.78. The van der Waals surface area contributed by atoms with E-state index in [2.05, 4.69) is 224 Å². The van der Waals surface area contributed by atoms with E-state index in [1.807, 2.05) is 85.3 Å². The molecule has 0 saturated heterocycles. The van der Waals surface area contributed by atoms with Crippen molar-refractivity contribution < 1.29 is 28.9 Å². The molecule has 10 aromatic carbocycles. The molecule has 0 aliphatic heterocycles. The molecule has 7 heteroatoms. The minimum Gasteiger partial charge on any atom is -0.500 e. The smallest absolute Gasteiger partial charge is 0.500 e. The summed E-state index contributed by atoms with van der Waals surface area (Å²) in [5, 5.41) is 6.66. The third kappa shape index (κ3) is 11.2. The van der Waals surface area contributed by atoms with Crippen molar-refractivity contribution in [2.24, 2.45) is 0 Å². The van der Waals surface area contributed by atoms with Crippen LogP contribution in [0.3, 0.4) is 0 Å². The maximum Gasteiger partial charge on any atom is 3.00 e. The first-order valence-corrected chi connectivity index (χ1v) is 29.7. The quantitative estimate of drug-likeness (QED) is 0.108. The van der Waals surface area contributed by atoms with Gasteiger partial charge in [-0.25, -0.2) is 0 Å². The molecule has 0 spiro atoms. The maximum atomic E-state index is 6.85. The Morgan fingerprint density at radius 2 is 1.14 bits per heavy atom. The molecule has 15 rings (SSSR count). The molecule has 0 aliphatic carbocycles. The number of benzene rings is 10. The Morgan fingerprint density at radius 3 is 1.92 bits per heavy atom. The summed E-state index contributed by atoms with van der Waals surface area (Å²) in [4.78, 5) is 14.2. The van der Waals surface area contributed by atoms with E-state index in [4.69, 9.17) is 13.8 Å². The van der Waals surface area contributed by atoms with Crippen LogP contribution in [0.5, 0.6) is 0 Å². The summed E-state index contributed by atoms with van der Waals surface area (Å²) in [5.41, 5.74) is 21.9. The van der Waals surface area contributed by atoms with Crippen LogP contribution in [0.15, 0.2) is 258 Å². The zero-order chi connectivity index (χ0) is 58.1. The minimum atomic E-state index is 0. The first-order chi connectivity index (χ1) is 42.3. The van der Waals surface area contributed by atoms with Crippen molar-refractivity contribution in [3.8, 4) is 61.8 Å². The molecule has 0 bridgehead atoms. The van der Waals surface area contributed by atoms with Crippen molar-refractivity contribution in [3.05, 3.63) is 301 Å². The number of nitrogens with zero attached hydrogens (tertiary/aromatic N) is 4. The monoisotopic (exact) mass is 1300 g/mol. The van der Waals surface area contributed by atoms with E-state index in [9.17, 15) is 0 Å². The molecule has 0 fully saturated rings. The average Bonchev–Trinajstić information content (AvgIpc) is 2.01. The van der Waals surface area contributed by atoms with Crippen LogP contribution < -0.4 is 0 Å². The number of imidazole rings is 1. The van der Waals surface area contributed by atoms with Crippen LogP contribution in [0.2, 0.25) is 0 Å². The van der Waals surface area contributed by atoms with Gasteiger partial charge in [0.1, 0.15) is 16.7 Å². The molecular formula is C80H61IrN4O2. The van der Waals surface area contributed by atoms with Gasteiger partial charge in [0, 0.05) is 52.0 Å². The number of pyridine rings is 2. The van der Waals surface area contributed by atoms with Crippen LogP contribution in [0.4, 0.5) is 0 Å². The Labute approximate surface area is 521 Å². The summed E-state index contributed by atoms with van der Waals surface area (Å²) in [5.74, 6) is 1.32. The zero-order valence-corrected chi connectivity index (χ0v) is 51.3. The van der Waals surface area contributed by atoms with Crippen LogP contribution in [0, 0.1) is 18.2 Å². The Balaban J connectivity index is 0.000000177. The molecule has 5 aromatic heterocycles. The van der Waals surface area contributed by atoms with Crippen molar-refractivity contribution in [1.29, 1.82) is 0 Å². The number of hydrogen-bond acceptors (Lipinski definition) is 5. The van der Waals surface area contributed by atoms with Crippen molar-refractivity contribution >= 4 is 54.6 Å². The number of furan rings is 2. The Bertz CT molecular complexity index is 4880. The molecule has 15 aromatic rings. The van der Waals surface area contributed by atoms with Gasteiger partial charge in [-0.1, -0.05) is 166 Å². The second kappa shape index (κ2) is 24.7. The molecule has 0 unspecified atom stereocenters. The molecule has 0 amide bonds. The van der Waals surface area contributed by atoms with E-state index < -0.39 is 0 Å². The molecule has 0 radical (unpaired) electrons. The van der Waals surface area contributed by atoms with Gasteiger partial charge in [-0.3, -0.25) is 4.98 Å². The van der Waals surface area contributed by atoms with Gasteiger partial charge in [0.05, 0.1) is 11.4 Å². The number of fused-ring (bicyclic) bond motifs is 8. The molecule has 0 atom stereocenters. The van der Waals surface area contributed by atoms with E-state index in [1.54, 1.807) is 0 Å². The van der Waals surface area contributed by atoms with Gasteiger partial charge >= 0.3 is 20.1 Å². The van der Waals surface area contributed by atoms with E-state index in [0.717, 1.165) is 119 Å². The van der Waals surface area contributed by atoms with Gasteiger partial charge in [-0.05, 0) is 140 Å². The number of aromatic nitrogens is 4. The predicted molar refractivity (Wildman–Crippen MR) is 353 cm³/mol. The first kappa shape index (κ1) is 56.4. The van der Waals surface area contributed by atoms with Crippen LogP contribution in [0.25, 0.3) is 116 Å². The molecule has 5 heterocycles. The number of para-hydroxylation sites is 1.